The first kappa shape index (κ1) is 13.2. The van der Waals surface area contributed by atoms with Crippen molar-refractivity contribution in [1.82, 2.24) is 24.8 Å². The van der Waals surface area contributed by atoms with Gasteiger partial charge in [0.2, 0.25) is 0 Å². The average molecular weight is 264 g/mol. The van der Waals surface area contributed by atoms with E-state index >= 15 is 0 Å². The molecule has 8 nitrogen and oxygen atoms in total. The molecule has 102 valence electrons. The summed E-state index contributed by atoms with van der Waals surface area (Å²) < 4.78 is 3.38. The van der Waals surface area contributed by atoms with Crippen molar-refractivity contribution in [2.75, 3.05) is 6.54 Å². The molecule has 0 aliphatic heterocycles. The quantitative estimate of drug-likeness (QED) is 0.724. The van der Waals surface area contributed by atoms with Crippen LogP contribution in [0.25, 0.3) is 0 Å². The molecule has 0 aliphatic carbocycles. The maximum atomic E-state index is 11.0. The van der Waals surface area contributed by atoms with E-state index in [1.54, 1.807) is 15.6 Å². The SMILES string of the molecule is Cn1nccc1CCn1nnc(C(=O)O)c1CCN. The summed E-state index contributed by atoms with van der Waals surface area (Å²) in [5.41, 5.74) is 7.09. The molecule has 2 aromatic heterocycles. The van der Waals surface area contributed by atoms with Crippen LogP contribution < -0.4 is 5.73 Å². The smallest absolute Gasteiger partial charge is 0.358 e. The summed E-state index contributed by atoms with van der Waals surface area (Å²) in [6, 6.07) is 1.91. The van der Waals surface area contributed by atoms with Crippen LogP contribution in [0, 0.1) is 0 Å². The van der Waals surface area contributed by atoms with Crippen molar-refractivity contribution in [1.29, 1.82) is 0 Å². The zero-order valence-electron chi connectivity index (χ0n) is 10.7. The second kappa shape index (κ2) is 5.61. The predicted molar refractivity (Wildman–Crippen MR) is 66.7 cm³/mol. The fraction of sp³-hybridized carbons (Fsp3) is 0.455. The third kappa shape index (κ3) is 2.79. The van der Waals surface area contributed by atoms with Crippen LogP contribution in [0.3, 0.4) is 0 Å². The number of carbonyl (C=O) groups is 1. The highest BCUT2D eigenvalue weighted by atomic mass is 16.4. The Hall–Kier alpha value is -2.22. The van der Waals surface area contributed by atoms with Gasteiger partial charge in [-0.25, -0.2) is 9.48 Å². The molecular formula is C11H16N6O2. The van der Waals surface area contributed by atoms with Gasteiger partial charge in [0.1, 0.15) is 0 Å². The number of rotatable bonds is 6. The normalized spacial score (nSPS) is 10.8. The van der Waals surface area contributed by atoms with Crippen molar-refractivity contribution >= 4 is 5.97 Å². The summed E-state index contributed by atoms with van der Waals surface area (Å²) in [4.78, 5) is 11.0. The lowest BCUT2D eigenvalue weighted by molar-refractivity contribution is 0.0689. The summed E-state index contributed by atoms with van der Waals surface area (Å²) in [5, 5.41) is 20.7. The third-order valence-corrected chi connectivity index (χ3v) is 2.92. The van der Waals surface area contributed by atoms with Crippen LogP contribution in [0.15, 0.2) is 12.3 Å². The molecule has 0 aliphatic rings. The number of carboxylic acid groups (broad SMARTS) is 1. The molecule has 0 bridgehead atoms. The molecule has 19 heavy (non-hydrogen) atoms. The van der Waals surface area contributed by atoms with Gasteiger partial charge in [-0.1, -0.05) is 5.21 Å². The van der Waals surface area contributed by atoms with E-state index in [0.717, 1.165) is 5.69 Å². The van der Waals surface area contributed by atoms with Crippen molar-refractivity contribution in [2.24, 2.45) is 12.8 Å². The van der Waals surface area contributed by atoms with Gasteiger partial charge in [0.05, 0.1) is 5.69 Å². The topological polar surface area (TPSA) is 112 Å². The van der Waals surface area contributed by atoms with E-state index in [1.807, 2.05) is 13.1 Å². The van der Waals surface area contributed by atoms with E-state index in [9.17, 15) is 4.79 Å². The predicted octanol–water partition coefficient (Wildman–Crippen LogP) is -0.546. The molecule has 0 spiro atoms. The van der Waals surface area contributed by atoms with E-state index in [-0.39, 0.29) is 5.69 Å². The summed E-state index contributed by atoms with van der Waals surface area (Å²) in [7, 11) is 1.86. The second-order valence-electron chi connectivity index (χ2n) is 4.15. The van der Waals surface area contributed by atoms with E-state index < -0.39 is 5.97 Å². The van der Waals surface area contributed by atoms with Crippen molar-refractivity contribution in [3.63, 3.8) is 0 Å². The van der Waals surface area contributed by atoms with Crippen LogP contribution in [0.4, 0.5) is 0 Å². The maximum absolute atomic E-state index is 11.0. The molecule has 0 aromatic carbocycles. The van der Waals surface area contributed by atoms with Crippen LogP contribution in [-0.2, 0) is 26.4 Å². The Labute approximate surface area is 109 Å². The molecule has 3 N–H and O–H groups in total. The summed E-state index contributed by atoms with van der Waals surface area (Å²) in [5.74, 6) is -1.07. The first-order valence-electron chi connectivity index (χ1n) is 5.96. The van der Waals surface area contributed by atoms with Gasteiger partial charge in [-0.05, 0) is 12.6 Å². The number of nitrogens with two attached hydrogens (primary N) is 1. The Morgan fingerprint density at radius 1 is 1.47 bits per heavy atom. The molecule has 8 heteroatoms. The lowest BCUT2D eigenvalue weighted by atomic mass is 10.2. The van der Waals surface area contributed by atoms with Gasteiger partial charge in [0.15, 0.2) is 5.69 Å². The van der Waals surface area contributed by atoms with Crippen molar-refractivity contribution < 1.29 is 9.90 Å². The zero-order valence-corrected chi connectivity index (χ0v) is 10.7. The van der Waals surface area contributed by atoms with E-state index in [2.05, 4.69) is 15.4 Å². The number of aromatic carboxylic acids is 1. The standard InChI is InChI=1S/C11H16N6O2/c1-16-8(3-6-13-16)4-7-17-9(2-5-12)10(11(18)19)14-15-17/h3,6H,2,4-5,7,12H2,1H3,(H,18,19). The van der Waals surface area contributed by atoms with Crippen LogP contribution in [-0.4, -0.2) is 42.4 Å². The fourth-order valence-corrected chi connectivity index (χ4v) is 1.93. The second-order valence-corrected chi connectivity index (χ2v) is 4.15. The lowest BCUT2D eigenvalue weighted by Crippen LogP contribution is -2.15. The molecule has 0 unspecified atom stereocenters. The summed E-state index contributed by atoms with van der Waals surface area (Å²) in [6.45, 7) is 0.911. The largest absolute Gasteiger partial charge is 0.476 e. The van der Waals surface area contributed by atoms with E-state index in [0.29, 0.717) is 31.6 Å². The minimum atomic E-state index is -1.07. The zero-order chi connectivity index (χ0) is 13.8. The number of carboxylic acids is 1. The van der Waals surface area contributed by atoms with Gasteiger partial charge in [-0.2, -0.15) is 5.10 Å². The van der Waals surface area contributed by atoms with Gasteiger partial charge in [-0.3, -0.25) is 4.68 Å². The number of hydrogen-bond acceptors (Lipinski definition) is 5. The highest BCUT2D eigenvalue weighted by Gasteiger charge is 2.18. The molecule has 0 radical (unpaired) electrons. The molecule has 0 atom stereocenters. The molecule has 2 aromatic rings. The minimum Gasteiger partial charge on any atom is -0.476 e. The number of aryl methyl sites for hydroxylation is 3. The molecule has 2 rings (SSSR count). The van der Waals surface area contributed by atoms with Crippen LogP contribution in [0.2, 0.25) is 0 Å². The van der Waals surface area contributed by atoms with Gasteiger partial charge >= 0.3 is 5.97 Å². The molecule has 2 heterocycles. The van der Waals surface area contributed by atoms with Crippen LogP contribution in [0.1, 0.15) is 21.9 Å². The van der Waals surface area contributed by atoms with E-state index in [4.69, 9.17) is 10.8 Å². The first-order valence-corrected chi connectivity index (χ1v) is 5.96. The Bertz CT molecular complexity index is 574. The third-order valence-electron chi connectivity index (χ3n) is 2.92. The van der Waals surface area contributed by atoms with Crippen molar-refractivity contribution in [2.45, 2.75) is 19.4 Å². The molecule has 0 amide bonds. The van der Waals surface area contributed by atoms with Crippen LogP contribution >= 0.6 is 0 Å². The number of aromatic nitrogens is 5. The van der Waals surface area contributed by atoms with Gasteiger partial charge in [0.25, 0.3) is 0 Å². The fourth-order valence-electron chi connectivity index (χ4n) is 1.93. The lowest BCUT2D eigenvalue weighted by Gasteiger charge is -2.06. The van der Waals surface area contributed by atoms with Gasteiger partial charge in [0, 0.05) is 38.3 Å². The Balaban J connectivity index is 2.16. The Kier molecular flexibility index (Phi) is 3.91. The summed E-state index contributed by atoms with van der Waals surface area (Å²) in [6.07, 6.45) is 2.87. The number of hydrogen-bond donors (Lipinski definition) is 2. The summed E-state index contributed by atoms with van der Waals surface area (Å²) >= 11 is 0. The highest BCUT2D eigenvalue weighted by Crippen LogP contribution is 2.08. The maximum Gasteiger partial charge on any atom is 0.358 e. The van der Waals surface area contributed by atoms with E-state index in [1.165, 1.54) is 0 Å². The first-order chi connectivity index (χ1) is 9.13. The van der Waals surface area contributed by atoms with Crippen LogP contribution in [0.5, 0.6) is 0 Å². The minimum absolute atomic E-state index is 0.0181. The molecular weight excluding hydrogens is 248 g/mol. The average Bonchev–Trinajstić information content (AvgIpc) is 2.94. The van der Waals surface area contributed by atoms with Crippen molar-refractivity contribution in [3.05, 3.63) is 29.3 Å². The molecule has 0 saturated heterocycles. The number of nitrogens with zero attached hydrogens (tertiary/aromatic N) is 5. The molecule has 0 saturated carbocycles. The Morgan fingerprint density at radius 2 is 2.26 bits per heavy atom. The van der Waals surface area contributed by atoms with Gasteiger partial charge < -0.3 is 10.8 Å². The highest BCUT2D eigenvalue weighted by molar-refractivity contribution is 5.86. The Morgan fingerprint density at radius 3 is 2.84 bits per heavy atom. The monoisotopic (exact) mass is 264 g/mol. The van der Waals surface area contributed by atoms with Crippen molar-refractivity contribution in [3.8, 4) is 0 Å². The van der Waals surface area contributed by atoms with Gasteiger partial charge in [-0.15, -0.1) is 5.10 Å². The molecule has 0 fully saturated rings.